The lowest BCUT2D eigenvalue weighted by Crippen LogP contribution is -2.62. The number of benzene rings is 3. The van der Waals surface area contributed by atoms with Crippen LogP contribution in [0.15, 0.2) is 91.0 Å². The lowest BCUT2D eigenvalue weighted by molar-refractivity contribution is -0.274. The maximum atomic E-state index is 11.2. The van der Waals surface area contributed by atoms with Gasteiger partial charge in [-0.3, -0.25) is 0 Å². The van der Waals surface area contributed by atoms with E-state index in [0.29, 0.717) is 13.2 Å². The zero-order valence-corrected chi connectivity index (χ0v) is 19.7. The summed E-state index contributed by atoms with van der Waals surface area (Å²) in [5, 5.41) is 21.6. The van der Waals surface area contributed by atoms with E-state index in [0.717, 1.165) is 16.7 Å². The average Bonchev–Trinajstić information content (AvgIpc) is 2.93. The van der Waals surface area contributed by atoms with E-state index in [1.807, 2.05) is 91.0 Å². The SMILES string of the molecule is [2H]C[C@@H](O)[C@H]1O[C@H](COCc2ccccc2)[C@@H](OCc2ccccc2)[C@H](OCc2ccccc2)[C@H]1O. The summed E-state index contributed by atoms with van der Waals surface area (Å²) >= 11 is 0. The summed E-state index contributed by atoms with van der Waals surface area (Å²) in [5.41, 5.74) is 2.95. The van der Waals surface area contributed by atoms with Crippen LogP contribution in [0, 0.1) is 0 Å². The molecule has 0 unspecified atom stereocenters. The van der Waals surface area contributed by atoms with E-state index in [1.165, 1.54) is 0 Å². The van der Waals surface area contributed by atoms with Crippen LogP contribution in [0.1, 0.15) is 25.0 Å². The minimum atomic E-state index is -1.18. The highest BCUT2D eigenvalue weighted by atomic mass is 16.6. The van der Waals surface area contributed by atoms with Gasteiger partial charge in [-0.25, -0.2) is 0 Å². The van der Waals surface area contributed by atoms with E-state index in [2.05, 4.69) is 0 Å². The molecule has 2 N–H and O–H groups in total. The van der Waals surface area contributed by atoms with Crippen LogP contribution in [0.4, 0.5) is 0 Å². The van der Waals surface area contributed by atoms with Crippen LogP contribution in [-0.4, -0.2) is 53.4 Å². The van der Waals surface area contributed by atoms with Crippen LogP contribution < -0.4 is 0 Å². The van der Waals surface area contributed by atoms with E-state index in [1.54, 1.807) is 0 Å². The summed E-state index contributed by atoms with van der Waals surface area (Å²) in [6.45, 7) is 0.812. The summed E-state index contributed by atoms with van der Waals surface area (Å²) in [5.74, 6) is 0. The van der Waals surface area contributed by atoms with Crippen LogP contribution in [0.3, 0.4) is 0 Å². The van der Waals surface area contributed by atoms with Crippen molar-refractivity contribution in [2.45, 2.75) is 63.3 Å². The molecule has 0 amide bonds. The Morgan fingerprint density at radius 3 is 1.77 bits per heavy atom. The van der Waals surface area contributed by atoms with E-state index >= 15 is 0 Å². The number of hydrogen-bond donors (Lipinski definition) is 2. The van der Waals surface area contributed by atoms with Crippen LogP contribution in [0.25, 0.3) is 0 Å². The van der Waals surface area contributed by atoms with E-state index < -0.39 is 36.6 Å². The Kier molecular flexibility index (Phi) is 8.91. The molecule has 3 aromatic rings. The Morgan fingerprint density at radius 2 is 1.26 bits per heavy atom. The Balaban J connectivity index is 1.53. The third kappa shape index (κ3) is 7.21. The summed E-state index contributed by atoms with van der Waals surface area (Å²) in [6.07, 6.45) is -5.42. The minimum Gasteiger partial charge on any atom is -0.391 e. The third-order valence-electron chi connectivity index (χ3n) is 6.04. The summed E-state index contributed by atoms with van der Waals surface area (Å²) in [7, 11) is 0. The molecule has 6 heteroatoms. The van der Waals surface area contributed by atoms with Crippen LogP contribution in [0.5, 0.6) is 0 Å². The Hall–Kier alpha value is -2.58. The highest BCUT2D eigenvalue weighted by molar-refractivity contribution is 5.15. The predicted molar refractivity (Wildman–Crippen MR) is 132 cm³/mol. The Labute approximate surface area is 208 Å². The van der Waals surface area contributed by atoms with Gasteiger partial charge >= 0.3 is 0 Å². The van der Waals surface area contributed by atoms with Gasteiger partial charge < -0.3 is 29.2 Å². The molecule has 0 bridgehead atoms. The highest BCUT2D eigenvalue weighted by Crippen LogP contribution is 2.29. The van der Waals surface area contributed by atoms with E-state index in [-0.39, 0.29) is 20.1 Å². The molecule has 0 spiro atoms. The molecule has 1 aliphatic rings. The topological polar surface area (TPSA) is 77.4 Å². The fourth-order valence-corrected chi connectivity index (χ4v) is 4.20. The molecule has 6 atom stereocenters. The molecule has 4 rings (SSSR count). The molecule has 3 aromatic carbocycles. The summed E-state index contributed by atoms with van der Waals surface area (Å²) < 4.78 is 32.3. The standard InChI is InChI=1S/C29H34O6/c1-21(30)27-26(31)29(34-19-24-15-9-4-10-16-24)28(33-18-23-13-7-3-8-14-23)25(35-27)20-32-17-22-11-5-2-6-12-22/h2-16,21,25-31H,17-20H2,1H3/t21-,25-,26+,27-,28-,29-/m1/s1/i1D. The van der Waals surface area contributed by atoms with Gasteiger partial charge in [0.15, 0.2) is 0 Å². The maximum absolute atomic E-state index is 11.2. The fraction of sp³-hybridized carbons (Fsp3) is 0.379. The van der Waals surface area contributed by atoms with Gasteiger partial charge in [0.25, 0.3) is 0 Å². The van der Waals surface area contributed by atoms with Gasteiger partial charge in [0.1, 0.15) is 30.5 Å². The molecular weight excluding hydrogens is 444 g/mol. The first-order valence-corrected chi connectivity index (χ1v) is 11.9. The molecule has 0 radical (unpaired) electrons. The molecule has 0 aliphatic carbocycles. The lowest BCUT2D eigenvalue weighted by Gasteiger charge is -2.45. The largest absolute Gasteiger partial charge is 0.391 e. The summed E-state index contributed by atoms with van der Waals surface area (Å²) in [4.78, 5) is 0. The highest BCUT2D eigenvalue weighted by Gasteiger charge is 2.48. The number of rotatable bonds is 11. The van der Waals surface area contributed by atoms with Gasteiger partial charge in [0.05, 0.1) is 32.5 Å². The van der Waals surface area contributed by atoms with E-state index in [4.69, 9.17) is 20.3 Å². The number of hydrogen-bond acceptors (Lipinski definition) is 6. The third-order valence-corrected chi connectivity index (χ3v) is 6.04. The van der Waals surface area contributed by atoms with Crippen molar-refractivity contribution in [1.82, 2.24) is 0 Å². The molecule has 1 heterocycles. The van der Waals surface area contributed by atoms with Crippen molar-refractivity contribution in [3.05, 3.63) is 108 Å². The van der Waals surface area contributed by atoms with Gasteiger partial charge in [0, 0.05) is 1.37 Å². The molecule has 1 aliphatic heterocycles. The van der Waals surface area contributed by atoms with Crippen LogP contribution in [-0.2, 0) is 38.8 Å². The second-order valence-electron chi connectivity index (χ2n) is 8.72. The van der Waals surface area contributed by atoms with Crippen molar-refractivity contribution in [2.75, 3.05) is 6.61 Å². The van der Waals surface area contributed by atoms with Gasteiger partial charge in [-0.15, -0.1) is 0 Å². The molecule has 1 saturated heterocycles. The smallest absolute Gasteiger partial charge is 0.115 e. The fourth-order valence-electron chi connectivity index (χ4n) is 4.20. The first-order valence-electron chi connectivity index (χ1n) is 12.6. The second-order valence-corrected chi connectivity index (χ2v) is 8.72. The molecule has 1 fully saturated rings. The minimum absolute atomic E-state index is 0.174. The molecule has 0 saturated carbocycles. The van der Waals surface area contributed by atoms with Gasteiger partial charge in [-0.2, -0.15) is 0 Å². The monoisotopic (exact) mass is 479 g/mol. The van der Waals surface area contributed by atoms with Gasteiger partial charge in [0.2, 0.25) is 0 Å². The van der Waals surface area contributed by atoms with E-state index in [9.17, 15) is 10.2 Å². The second kappa shape index (κ2) is 12.9. The van der Waals surface area contributed by atoms with Crippen molar-refractivity contribution < 1.29 is 30.5 Å². The van der Waals surface area contributed by atoms with Crippen LogP contribution in [0.2, 0.25) is 0 Å². The number of aliphatic hydroxyl groups excluding tert-OH is 2. The first-order chi connectivity index (χ1) is 17.7. The average molecular weight is 480 g/mol. The van der Waals surface area contributed by atoms with Gasteiger partial charge in [-0.05, 0) is 23.6 Å². The predicted octanol–water partition coefficient (Wildman–Crippen LogP) is 3.88. The Morgan fingerprint density at radius 1 is 0.771 bits per heavy atom. The van der Waals surface area contributed by atoms with Crippen molar-refractivity contribution in [1.29, 1.82) is 0 Å². The Bertz CT molecular complexity index is 1010. The zero-order valence-electron chi connectivity index (χ0n) is 20.7. The summed E-state index contributed by atoms with van der Waals surface area (Å²) in [6, 6.07) is 29.2. The van der Waals surface area contributed by atoms with Crippen molar-refractivity contribution in [2.24, 2.45) is 0 Å². The lowest BCUT2D eigenvalue weighted by atomic mass is 9.92. The van der Waals surface area contributed by atoms with Crippen LogP contribution >= 0.6 is 0 Å². The molecule has 6 nitrogen and oxygen atoms in total. The maximum Gasteiger partial charge on any atom is 0.115 e. The van der Waals surface area contributed by atoms with Crippen molar-refractivity contribution >= 4 is 0 Å². The van der Waals surface area contributed by atoms with Crippen molar-refractivity contribution in [3.63, 3.8) is 0 Å². The zero-order chi connectivity index (χ0) is 25.2. The molecular formula is C29H34O6. The quantitative estimate of drug-likeness (QED) is 0.435. The number of ether oxygens (including phenoxy) is 4. The van der Waals surface area contributed by atoms with Crippen molar-refractivity contribution in [3.8, 4) is 0 Å². The molecule has 35 heavy (non-hydrogen) atoms. The normalized spacial score (nSPS) is 25.7. The molecule has 186 valence electrons. The number of aliphatic hydroxyl groups is 2. The van der Waals surface area contributed by atoms with Gasteiger partial charge in [-0.1, -0.05) is 91.0 Å². The first kappa shape index (κ1) is 24.1. The molecule has 0 aromatic heterocycles.